The van der Waals surface area contributed by atoms with Gasteiger partial charge in [-0.05, 0) is 31.5 Å². The Morgan fingerprint density at radius 3 is 2.79 bits per heavy atom. The molecule has 8 heteroatoms. The fourth-order valence-electron chi connectivity index (χ4n) is 3.43. The molecule has 0 saturated carbocycles. The van der Waals surface area contributed by atoms with E-state index in [4.69, 9.17) is 4.74 Å². The predicted octanol–water partition coefficient (Wildman–Crippen LogP) is 3.28. The van der Waals surface area contributed by atoms with Crippen LogP contribution in [-0.2, 0) is 17.8 Å². The smallest absolute Gasteiger partial charge is 0.197 e. The molecule has 1 aliphatic heterocycles. The summed E-state index contributed by atoms with van der Waals surface area (Å²) in [5.41, 5.74) is 3.64. The van der Waals surface area contributed by atoms with Crippen LogP contribution < -0.4 is 5.32 Å². The molecule has 2 aromatic heterocycles. The Bertz CT molecular complexity index is 1060. The third-order valence-electron chi connectivity index (χ3n) is 4.71. The average molecular weight is 395 g/mol. The Kier molecular flexibility index (Phi) is 4.98. The van der Waals surface area contributed by atoms with Crippen LogP contribution in [0.2, 0.25) is 0 Å². The number of nitriles is 1. The summed E-state index contributed by atoms with van der Waals surface area (Å²) in [6.07, 6.45) is 0.622. The van der Waals surface area contributed by atoms with Gasteiger partial charge in [0, 0.05) is 23.4 Å². The van der Waals surface area contributed by atoms with Gasteiger partial charge in [0.05, 0.1) is 24.4 Å². The molecule has 0 bridgehead atoms. The number of aliphatic hydroxyl groups is 1. The minimum absolute atomic E-state index is 0.0361. The number of aromatic nitrogens is 3. The van der Waals surface area contributed by atoms with Gasteiger partial charge in [0.2, 0.25) is 0 Å². The fourth-order valence-corrected chi connectivity index (χ4v) is 4.11. The second kappa shape index (κ2) is 7.43. The van der Waals surface area contributed by atoms with Crippen LogP contribution in [0.15, 0.2) is 35.5 Å². The molecule has 0 aliphatic carbocycles. The van der Waals surface area contributed by atoms with E-state index in [0.29, 0.717) is 41.0 Å². The SMILES string of the molecule is CC1(C)Cc2c(C#N)c(Nc3ccccc3)n3c(SCCO)nnc3c2CO1. The van der Waals surface area contributed by atoms with E-state index in [2.05, 4.69) is 21.6 Å². The van der Waals surface area contributed by atoms with Gasteiger partial charge in [0.1, 0.15) is 11.9 Å². The highest BCUT2D eigenvalue weighted by molar-refractivity contribution is 7.99. The first kappa shape index (κ1) is 18.7. The van der Waals surface area contributed by atoms with Gasteiger partial charge in [-0.1, -0.05) is 30.0 Å². The molecule has 0 amide bonds. The molecule has 0 fully saturated rings. The van der Waals surface area contributed by atoms with Gasteiger partial charge in [-0.25, -0.2) is 0 Å². The fraction of sp³-hybridized carbons (Fsp3) is 0.350. The van der Waals surface area contributed by atoms with E-state index < -0.39 is 0 Å². The van der Waals surface area contributed by atoms with E-state index in [1.54, 1.807) is 0 Å². The number of pyridine rings is 1. The molecule has 3 heterocycles. The number of fused-ring (bicyclic) bond motifs is 3. The van der Waals surface area contributed by atoms with Crippen molar-refractivity contribution in [3.8, 4) is 6.07 Å². The van der Waals surface area contributed by atoms with E-state index in [9.17, 15) is 10.4 Å². The maximum absolute atomic E-state index is 10.1. The Morgan fingerprint density at radius 2 is 2.07 bits per heavy atom. The van der Waals surface area contributed by atoms with Crippen molar-refractivity contribution in [3.05, 3.63) is 47.0 Å². The lowest BCUT2D eigenvalue weighted by molar-refractivity contribution is -0.0397. The van der Waals surface area contributed by atoms with Crippen LogP contribution in [0, 0.1) is 11.3 Å². The number of benzene rings is 1. The molecule has 0 radical (unpaired) electrons. The third kappa shape index (κ3) is 3.33. The summed E-state index contributed by atoms with van der Waals surface area (Å²) in [5.74, 6) is 1.14. The number of aliphatic hydroxyl groups excluding tert-OH is 1. The van der Waals surface area contributed by atoms with Crippen LogP contribution in [0.4, 0.5) is 11.5 Å². The maximum Gasteiger partial charge on any atom is 0.197 e. The molecule has 28 heavy (non-hydrogen) atoms. The van der Waals surface area contributed by atoms with Crippen molar-refractivity contribution in [2.24, 2.45) is 0 Å². The number of nitrogens with one attached hydrogen (secondary N) is 1. The summed E-state index contributed by atoms with van der Waals surface area (Å²) in [6.45, 7) is 4.47. The maximum atomic E-state index is 10.1. The zero-order chi connectivity index (χ0) is 19.7. The van der Waals surface area contributed by atoms with E-state index in [1.165, 1.54) is 11.8 Å². The normalized spacial score (nSPS) is 15.2. The predicted molar refractivity (Wildman–Crippen MR) is 108 cm³/mol. The minimum Gasteiger partial charge on any atom is -0.396 e. The molecule has 4 rings (SSSR count). The Hall–Kier alpha value is -2.60. The molecule has 144 valence electrons. The monoisotopic (exact) mass is 395 g/mol. The highest BCUT2D eigenvalue weighted by Gasteiger charge is 2.33. The number of hydrogen-bond donors (Lipinski definition) is 2. The van der Waals surface area contributed by atoms with Crippen LogP contribution in [0.25, 0.3) is 5.65 Å². The lowest BCUT2D eigenvalue weighted by atomic mass is 9.89. The standard InChI is InChI=1S/C20H21N5O2S/c1-20(2)10-14-15(11-21)17(22-13-6-4-3-5-7-13)25-18(16(14)12-27-20)23-24-19(25)28-9-8-26/h3-7,22,26H,8-10,12H2,1-2H3. The highest BCUT2D eigenvalue weighted by atomic mass is 32.2. The molecule has 0 saturated heterocycles. The topological polar surface area (TPSA) is 95.5 Å². The van der Waals surface area contributed by atoms with Gasteiger partial charge in [-0.2, -0.15) is 5.26 Å². The second-order valence-corrected chi connectivity index (χ2v) is 8.28. The van der Waals surface area contributed by atoms with Crippen LogP contribution in [0.1, 0.15) is 30.5 Å². The molecule has 1 aliphatic rings. The average Bonchev–Trinajstić information content (AvgIpc) is 3.10. The number of anilines is 2. The Morgan fingerprint density at radius 1 is 1.29 bits per heavy atom. The summed E-state index contributed by atoms with van der Waals surface area (Å²) in [4.78, 5) is 0. The van der Waals surface area contributed by atoms with Gasteiger partial charge in [0.15, 0.2) is 10.8 Å². The molecular weight excluding hydrogens is 374 g/mol. The van der Waals surface area contributed by atoms with E-state index >= 15 is 0 Å². The van der Waals surface area contributed by atoms with Gasteiger partial charge in [-0.15, -0.1) is 10.2 Å². The van der Waals surface area contributed by atoms with Gasteiger partial charge in [0.25, 0.3) is 0 Å². The third-order valence-corrected chi connectivity index (χ3v) is 5.62. The number of hydrogen-bond acceptors (Lipinski definition) is 7. The van der Waals surface area contributed by atoms with Crippen molar-refractivity contribution >= 4 is 28.9 Å². The van der Waals surface area contributed by atoms with Gasteiger partial charge < -0.3 is 15.2 Å². The highest BCUT2D eigenvalue weighted by Crippen LogP contribution is 2.38. The quantitative estimate of drug-likeness (QED) is 0.640. The van der Waals surface area contributed by atoms with Crippen molar-refractivity contribution in [3.63, 3.8) is 0 Å². The van der Waals surface area contributed by atoms with Crippen LogP contribution >= 0.6 is 11.8 Å². The number of thioether (sulfide) groups is 1. The Labute approximate surface area is 167 Å². The molecule has 0 spiro atoms. The largest absolute Gasteiger partial charge is 0.396 e. The first-order valence-electron chi connectivity index (χ1n) is 9.06. The molecular formula is C20H21N5O2S. The van der Waals surface area contributed by atoms with Crippen LogP contribution in [0.3, 0.4) is 0 Å². The summed E-state index contributed by atoms with van der Waals surface area (Å²) in [6, 6.07) is 12.1. The molecule has 3 aromatic rings. The van der Waals surface area contributed by atoms with Crippen molar-refractivity contribution in [1.82, 2.24) is 14.6 Å². The molecule has 0 unspecified atom stereocenters. The molecule has 2 N–H and O–H groups in total. The number of ether oxygens (including phenoxy) is 1. The van der Waals surface area contributed by atoms with Gasteiger partial charge >= 0.3 is 0 Å². The summed E-state index contributed by atoms with van der Waals surface area (Å²) < 4.78 is 7.86. The van der Waals surface area contributed by atoms with E-state index in [1.807, 2.05) is 48.6 Å². The van der Waals surface area contributed by atoms with E-state index in [0.717, 1.165) is 16.8 Å². The minimum atomic E-state index is -0.352. The summed E-state index contributed by atoms with van der Waals surface area (Å²) >= 11 is 1.40. The molecule has 1 aromatic carbocycles. The first-order chi connectivity index (χ1) is 13.5. The lowest BCUT2D eigenvalue weighted by Crippen LogP contribution is -2.33. The second-order valence-electron chi connectivity index (χ2n) is 7.22. The van der Waals surface area contributed by atoms with Crippen LogP contribution in [0.5, 0.6) is 0 Å². The van der Waals surface area contributed by atoms with Crippen molar-refractivity contribution in [2.45, 2.75) is 37.6 Å². The van der Waals surface area contributed by atoms with Crippen molar-refractivity contribution in [1.29, 1.82) is 5.26 Å². The van der Waals surface area contributed by atoms with Crippen LogP contribution in [-0.4, -0.2) is 37.7 Å². The lowest BCUT2D eigenvalue weighted by Gasteiger charge is -2.33. The first-order valence-corrected chi connectivity index (χ1v) is 10.1. The van der Waals surface area contributed by atoms with Crippen molar-refractivity contribution < 1.29 is 9.84 Å². The molecule has 7 nitrogen and oxygen atoms in total. The number of para-hydroxylation sites is 1. The summed E-state index contributed by atoms with van der Waals surface area (Å²) in [5, 5.41) is 32.0. The molecule has 0 atom stereocenters. The Balaban J connectivity index is 1.97. The number of nitrogens with zero attached hydrogens (tertiary/aromatic N) is 4. The summed E-state index contributed by atoms with van der Waals surface area (Å²) in [7, 11) is 0. The van der Waals surface area contributed by atoms with E-state index in [-0.39, 0.29) is 12.2 Å². The van der Waals surface area contributed by atoms with Gasteiger partial charge in [-0.3, -0.25) is 4.40 Å². The number of rotatable bonds is 5. The van der Waals surface area contributed by atoms with Crippen molar-refractivity contribution in [2.75, 3.05) is 17.7 Å². The zero-order valence-electron chi connectivity index (χ0n) is 15.8. The zero-order valence-corrected chi connectivity index (χ0v) is 16.6.